The molecule has 0 radical (unpaired) electrons. The molecule has 0 saturated carbocycles. The van der Waals surface area contributed by atoms with E-state index in [9.17, 15) is 0 Å². The van der Waals surface area contributed by atoms with E-state index in [2.05, 4.69) is 48.6 Å². The summed E-state index contributed by atoms with van der Waals surface area (Å²) >= 11 is 0. The van der Waals surface area contributed by atoms with Crippen LogP contribution in [0.4, 0.5) is 5.69 Å². The fourth-order valence-corrected chi connectivity index (χ4v) is 1.92. The Labute approximate surface area is 109 Å². The van der Waals surface area contributed by atoms with Crippen molar-refractivity contribution in [2.24, 2.45) is 0 Å². The van der Waals surface area contributed by atoms with Crippen molar-refractivity contribution in [1.82, 2.24) is 0 Å². The molecule has 2 rings (SSSR count). The minimum absolute atomic E-state index is 0.892. The van der Waals surface area contributed by atoms with Crippen molar-refractivity contribution < 1.29 is 4.74 Å². The number of ether oxygens (including phenoxy) is 1. The van der Waals surface area contributed by atoms with Crippen molar-refractivity contribution in [1.29, 1.82) is 0 Å². The fourth-order valence-electron chi connectivity index (χ4n) is 1.92. The average Bonchev–Trinajstić information content (AvgIpc) is 2.45. The van der Waals surface area contributed by atoms with Crippen molar-refractivity contribution in [2.45, 2.75) is 13.3 Å². The first kappa shape index (κ1) is 12.5. The Morgan fingerprint density at radius 2 is 1.78 bits per heavy atom. The molecule has 18 heavy (non-hydrogen) atoms. The van der Waals surface area contributed by atoms with Gasteiger partial charge in [-0.1, -0.05) is 43.3 Å². The van der Waals surface area contributed by atoms with Gasteiger partial charge >= 0.3 is 0 Å². The summed E-state index contributed by atoms with van der Waals surface area (Å²) in [6, 6.07) is 16.6. The van der Waals surface area contributed by atoms with Gasteiger partial charge in [0.25, 0.3) is 0 Å². The molecule has 0 unspecified atom stereocenters. The lowest BCUT2D eigenvalue weighted by Crippen LogP contribution is -2.01. The van der Waals surface area contributed by atoms with E-state index in [0.29, 0.717) is 0 Å². The summed E-state index contributed by atoms with van der Waals surface area (Å²) in [5, 5.41) is 3.40. The first-order valence-corrected chi connectivity index (χ1v) is 6.32. The normalized spacial score (nSPS) is 10.1. The molecule has 0 aromatic heterocycles. The van der Waals surface area contributed by atoms with Gasteiger partial charge in [-0.25, -0.2) is 0 Å². The molecule has 0 aliphatic heterocycles. The molecule has 94 valence electrons. The second-order valence-corrected chi connectivity index (χ2v) is 4.21. The molecule has 2 nitrogen and oxygen atoms in total. The van der Waals surface area contributed by atoms with Crippen LogP contribution in [0.2, 0.25) is 0 Å². The number of rotatable bonds is 5. The molecular weight excluding hydrogens is 222 g/mol. The molecule has 0 bridgehead atoms. The minimum atomic E-state index is 0.892. The van der Waals surface area contributed by atoms with Crippen molar-refractivity contribution in [3.8, 4) is 16.9 Å². The summed E-state index contributed by atoms with van der Waals surface area (Å²) in [5.74, 6) is 0.892. The van der Waals surface area contributed by atoms with Gasteiger partial charge in [0.15, 0.2) is 0 Å². The van der Waals surface area contributed by atoms with Crippen molar-refractivity contribution >= 4 is 5.69 Å². The first-order chi connectivity index (χ1) is 8.85. The third kappa shape index (κ3) is 2.83. The summed E-state index contributed by atoms with van der Waals surface area (Å²) in [4.78, 5) is 0. The molecule has 1 N–H and O–H groups in total. The van der Waals surface area contributed by atoms with Crippen LogP contribution >= 0.6 is 0 Å². The molecule has 0 fully saturated rings. The highest BCUT2D eigenvalue weighted by molar-refractivity contribution is 5.71. The van der Waals surface area contributed by atoms with Gasteiger partial charge in [-0.3, -0.25) is 0 Å². The lowest BCUT2D eigenvalue weighted by Gasteiger charge is -2.12. The average molecular weight is 241 g/mol. The SMILES string of the molecule is CCCNc1cc(-c2ccccc2)ccc1OC. The highest BCUT2D eigenvalue weighted by Gasteiger charge is 2.04. The van der Waals surface area contributed by atoms with Crippen molar-refractivity contribution in [3.05, 3.63) is 48.5 Å². The van der Waals surface area contributed by atoms with Crippen LogP contribution in [0.25, 0.3) is 11.1 Å². The fraction of sp³-hybridized carbons (Fsp3) is 0.250. The van der Waals surface area contributed by atoms with Crippen LogP contribution in [0.5, 0.6) is 5.75 Å². The van der Waals surface area contributed by atoms with Crippen LogP contribution < -0.4 is 10.1 Å². The van der Waals surface area contributed by atoms with Gasteiger partial charge in [0.2, 0.25) is 0 Å². The Hall–Kier alpha value is -1.96. The van der Waals surface area contributed by atoms with E-state index < -0.39 is 0 Å². The highest BCUT2D eigenvalue weighted by atomic mass is 16.5. The molecule has 0 aliphatic rings. The first-order valence-electron chi connectivity index (χ1n) is 6.32. The van der Waals surface area contributed by atoms with Gasteiger partial charge in [0.1, 0.15) is 5.75 Å². The highest BCUT2D eigenvalue weighted by Crippen LogP contribution is 2.30. The molecule has 2 aromatic carbocycles. The van der Waals surface area contributed by atoms with Crippen LogP contribution in [0, 0.1) is 0 Å². The maximum absolute atomic E-state index is 5.37. The van der Waals surface area contributed by atoms with Gasteiger partial charge in [0.05, 0.1) is 12.8 Å². The molecule has 0 amide bonds. The zero-order valence-corrected chi connectivity index (χ0v) is 10.9. The van der Waals surface area contributed by atoms with Crippen molar-refractivity contribution in [2.75, 3.05) is 19.0 Å². The number of anilines is 1. The zero-order valence-electron chi connectivity index (χ0n) is 10.9. The molecule has 0 saturated heterocycles. The Kier molecular flexibility index (Phi) is 4.24. The summed E-state index contributed by atoms with van der Waals surface area (Å²) in [6.07, 6.45) is 1.10. The molecule has 0 spiro atoms. The molecule has 0 atom stereocenters. The topological polar surface area (TPSA) is 21.3 Å². The van der Waals surface area contributed by atoms with Gasteiger partial charge in [0, 0.05) is 6.54 Å². The predicted molar refractivity (Wildman–Crippen MR) is 77.2 cm³/mol. The van der Waals surface area contributed by atoms with E-state index in [-0.39, 0.29) is 0 Å². The third-order valence-corrected chi connectivity index (χ3v) is 2.87. The molecule has 0 heterocycles. The number of methoxy groups -OCH3 is 1. The molecule has 2 heteroatoms. The second kappa shape index (κ2) is 6.10. The minimum Gasteiger partial charge on any atom is -0.495 e. The zero-order chi connectivity index (χ0) is 12.8. The lowest BCUT2D eigenvalue weighted by molar-refractivity contribution is 0.416. The van der Waals surface area contributed by atoms with E-state index in [0.717, 1.165) is 24.4 Å². The Morgan fingerprint density at radius 3 is 2.44 bits per heavy atom. The van der Waals surface area contributed by atoms with E-state index in [1.54, 1.807) is 7.11 Å². The van der Waals surface area contributed by atoms with Crippen LogP contribution in [0.1, 0.15) is 13.3 Å². The summed E-state index contributed by atoms with van der Waals surface area (Å²) in [5.41, 5.74) is 3.48. The maximum Gasteiger partial charge on any atom is 0.141 e. The summed E-state index contributed by atoms with van der Waals surface area (Å²) in [6.45, 7) is 3.11. The Morgan fingerprint density at radius 1 is 1.00 bits per heavy atom. The van der Waals surface area contributed by atoms with Gasteiger partial charge < -0.3 is 10.1 Å². The maximum atomic E-state index is 5.37. The van der Waals surface area contributed by atoms with E-state index in [4.69, 9.17) is 4.74 Å². The second-order valence-electron chi connectivity index (χ2n) is 4.21. The van der Waals surface area contributed by atoms with Crippen LogP contribution in [0.3, 0.4) is 0 Å². The van der Waals surface area contributed by atoms with Crippen LogP contribution in [-0.4, -0.2) is 13.7 Å². The lowest BCUT2D eigenvalue weighted by atomic mass is 10.0. The number of nitrogens with one attached hydrogen (secondary N) is 1. The quantitative estimate of drug-likeness (QED) is 0.847. The Bertz CT molecular complexity index is 494. The van der Waals surface area contributed by atoms with E-state index >= 15 is 0 Å². The summed E-state index contributed by atoms with van der Waals surface area (Å²) in [7, 11) is 1.70. The molecule has 0 aliphatic carbocycles. The van der Waals surface area contributed by atoms with Gasteiger partial charge in [-0.05, 0) is 29.7 Å². The van der Waals surface area contributed by atoms with Crippen LogP contribution in [-0.2, 0) is 0 Å². The monoisotopic (exact) mass is 241 g/mol. The largest absolute Gasteiger partial charge is 0.495 e. The Balaban J connectivity index is 2.33. The smallest absolute Gasteiger partial charge is 0.141 e. The van der Waals surface area contributed by atoms with Gasteiger partial charge in [-0.15, -0.1) is 0 Å². The standard InChI is InChI=1S/C16H19NO/c1-3-11-17-15-12-14(9-10-16(15)18-2)13-7-5-4-6-8-13/h4-10,12,17H,3,11H2,1-2H3. The van der Waals surface area contributed by atoms with E-state index in [1.165, 1.54) is 11.1 Å². The number of hydrogen-bond donors (Lipinski definition) is 1. The van der Waals surface area contributed by atoms with Crippen molar-refractivity contribution in [3.63, 3.8) is 0 Å². The van der Waals surface area contributed by atoms with E-state index in [1.807, 2.05) is 12.1 Å². The summed E-state index contributed by atoms with van der Waals surface area (Å²) < 4.78 is 5.37. The number of benzene rings is 2. The number of hydrogen-bond acceptors (Lipinski definition) is 2. The molecular formula is C16H19NO. The molecule has 2 aromatic rings. The van der Waals surface area contributed by atoms with Crippen LogP contribution in [0.15, 0.2) is 48.5 Å². The predicted octanol–water partition coefficient (Wildman–Crippen LogP) is 4.18. The third-order valence-electron chi connectivity index (χ3n) is 2.87. The van der Waals surface area contributed by atoms with Gasteiger partial charge in [-0.2, -0.15) is 0 Å².